The van der Waals surface area contributed by atoms with Crippen LogP contribution in [-0.4, -0.2) is 114 Å². The van der Waals surface area contributed by atoms with E-state index in [2.05, 4.69) is 31.2 Å². The lowest BCUT2D eigenvalue weighted by Crippen LogP contribution is -2.55. The largest absolute Gasteiger partial charge is 0.464 e. The Bertz CT molecular complexity index is 3190. The molecule has 4 aliphatic heterocycles. The van der Waals surface area contributed by atoms with E-state index in [9.17, 15) is 19.2 Å². The molecule has 0 radical (unpaired) electrons. The number of imidazole rings is 2. The van der Waals surface area contributed by atoms with Crippen molar-refractivity contribution in [2.24, 2.45) is 17.8 Å². The molecular formula is C54H61FN10O8S. The van der Waals surface area contributed by atoms with Crippen molar-refractivity contribution in [1.82, 2.24) is 49.9 Å². The Morgan fingerprint density at radius 1 is 0.865 bits per heavy atom. The van der Waals surface area contributed by atoms with Crippen molar-refractivity contribution in [2.75, 3.05) is 27.4 Å². The van der Waals surface area contributed by atoms with Crippen LogP contribution in [0.2, 0.25) is 0 Å². The van der Waals surface area contributed by atoms with Gasteiger partial charge in [-0.1, -0.05) is 19.9 Å². The number of ether oxygens (including phenoxy) is 4. The summed E-state index contributed by atoms with van der Waals surface area (Å²) in [5, 5.41) is 7.53. The molecule has 4 aromatic heterocycles. The maximum absolute atomic E-state index is 17.0. The van der Waals surface area contributed by atoms with Gasteiger partial charge >= 0.3 is 12.2 Å². The summed E-state index contributed by atoms with van der Waals surface area (Å²) in [5.41, 5.74) is 4.17. The molecule has 0 spiro atoms. The molecule has 6 aliphatic rings. The van der Waals surface area contributed by atoms with Gasteiger partial charge in [-0.2, -0.15) is 0 Å². The second-order valence-electron chi connectivity index (χ2n) is 21.8. The number of rotatable bonds is 12. The predicted molar refractivity (Wildman–Crippen MR) is 271 cm³/mol. The summed E-state index contributed by atoms with van der Waals surface area (Å²) in [5.74, 6) is 1.32. The Labute approximate surface area is 431 Å². The summed E-state index contributed by atoms with van der Waals surface area (Å²) in [7, 11) is 2.58. The van der Waals surface area contributed by atoms with Gasteiger partial charge in [-0.25, -0.2) is 28.9 Å². The van der Waals surface area contributed by atoms with Crippen LogP contribution in [0.3, 0.4) is 0 Å². The highest BCUT2D eigenvalue weighted by molar-refractivity contribution is 7.11. The average Bonchev–Trinajstić information content (AvgIpc) is 3.86. The molecule has 388 valence electrons. The number of fused-ring (bicyclic) bond motifs is 6. The fourth-order valence-electron chi connectivity index (χ4n) is 12.0. The summed E-state index contributed by atoms with van der Waals surface area (Å²) < 4.78 is 41.8. The molecule has 3 saturated heterocycles. The van der Waals surface area contributed by atoms with Crippen LogP contribution in [0.5, 0.6) is 5.75 Å². The molecule has 8 atom stereocenters. The highest BCUT2D eigenvalue weighted by Gasteiger charge is 2.57. The van der Waals surface area contributed by atoms with Crippen molar-refractivity contribution in [3.63, 3.8) is 0 Å². The summed E-state index contributed by atoms with van der Waals surface area (Å²) in [6.07, 6.45) is 9.98. The maximum Gasteiger partial charge on any atom is 0.407 e. The maximum atomic E-state index is 17.0. The first-order valence-corrected chi connectivity index (χ1v) is 26.7. The van der Waals surface area contributed by atoms with Crippen LogP contribution >= 0.6 is 11.3 Å². The minimum atomic E-state index is -0.775. The Morgan fingerprint density at radius 3 is 2.34 bits per heavy atom. The normalized spacial score (nSPS) is 24.4. The number of alkyl carbamates (subject to hydrolysis) is 2. The van der Waals surface area contributed by atoms with E-state index in [1.165, 1.54) is 20.3 Å². The van der Waals surface area contributed by atoms with E-state index in [4.69, 9.17) is 33.9 Å². The fourth-order valence-corrected chi connectivity index (χ4v) is 13.1. The Morgan fingerprint density at radius 2 is 1.61 bits per heavy atom. The van der Waals surface area contributed by atoms with Crippen molar-refractivity contribution < 1.29 is 42.5 Å². The molecule has 20 heteroatoms. The third-order valence-corrected chi connectivity index (χ3v) is 17.2. The highest BCUT2D eigenvalue weighted by Crippen LogP contribution is 2.54. The van der Waals surface area contributed by atoms with Crippen LogP contribution in [0, 0.1) is 23.6 Å². The average molecular weight is 1030 g/mol. The molecule has 2 aliphatic carbocycles. The summed E-state index contributed by atoms with van der Waals surface area (Å²) >= 11 is 1.62. The van der Waals surface area contributed by atoms with Crippen molar-refractivity contribution in [1.29, 1.82) is 0 Å². The van der Waals surface area contributed by atoms with Crippen LogP contribution in [0.4, 0.5) is 14.0 Å². The van der Waals surface area contributed by atoms with Gasteiger partial charge in [0.2, 0.25) is 18.0 Å². The van der Waals surface area contributed by atoms with Crippen molar-refractivity contribution >= 4 is 46.2 Å². The number of halogens is 1. The number of carbonyl (C=O) groups excluding carboxylic acids is 4. The lowest BCUT2D eigenvalue weighted by molar-refractivity contribution is -0.140. The number of thiazole rings is 1. The molecule has 8 heterocycles. The van der Waals surface area contributed by atoms with E-state index in [1.807, 2.05) is 63.1 Å². The molecule has 12 rings (SSSR count). The van der Waals surface area contributed by atoms with Gasteiger partial charge in [0.1, 0.15) is 35.3 Å². The smallest absolute Gasteiger partial charge is 0.407 e. The van der Waals surface area contributed by atoms with Gasteiger partial charge in [0.05, 0.1) is 82.3 Å². The second kappa shape index (κ2) is 18.5. The number of aromatic nitrogens is 6. The number of nitrogens with zero attached hydrogens (tertiary/aromatic N) is 6. The minimum absolute atomic E-state index is 0.0761. The molecule has 5 fully saturated rings. The molecule has 2 saturated carbocycles. The molecule has 6 aromatic rings. The summed E-state index contributed by atoms with van der Waals surface area (Å²) in [6.45, 7) is 8.78. The molecule has 4 amide bonds. The van der Waals surface area contributed by atoms with Gasteiger partial charge in [0.25, 0.3) is 0 Å². The number of piperidine rings is 1. The van der Waals surface area contributed by atoms with Crippen molar-refractivity contribution in [3.8, 4) is 39.5 Å². The van der Waals surface area contributed by atoms with Gasteiger partial charge < -0.3 is 49.3 Å². The molecule has 2 aromatic carbocycles. The van der Waals surface area contributed by atoms with Crippen LogP contribution in [0.15, 0.2) is 55.0 Å². The predicted octanol–water partition coefficient (Wildman–Crippen LogP) is 9.14. The topological polar surface area (TPSA) is 211 Å². The zero-order valence-corrected chi connectivity index (χ0v) is 43.1. The van der Waals surface area contributed by atoms with Crippen molar-refractivity contribution in [3.05, 3.63) is 82.3 Å². The van der Waals surface area contributed by atoms with E-state index in [1.54, 1.807) is 28.6 Å². The number of benzene rings is 2. The van der Waals surface area contributed by atoms with Gasteiger partial charge in [0.15, 0.2) is 0 Å². The number of H-pyrrole nitrogens is 2. The number of carbonyl (C=O) groups is 4. The molecular weight excluding hydrogens is 968 g/mol. The Balaban J connectivity index is 0.849. The van der Waals surface area contributed by atoms with Gasteiger partial charge in [-0.15, -0.1) is 11.3 Å². The minimum Gasteiger partial charge on any atom is -0.464 e. The molecule has 4 N–H and O–H groups in total. The molecule has 2 unspecified atom stereocenters. The quantitative estimate of drug-likeness (QED) is 0.0908. The zero-order chi connectivity index (χ0) is 51.3. The number of likely N-dealkylation sites (tertiary alicyclic amines) is 2. The lowest BCUT2D eigenvalue weighted by atomic mass is 9.82. The Hall–Kier alpha value is -6.80. The van der Waals surface area contributed by atoms with E-state index < -0.39 is 41.9 Å². The van der Waals surface area contributed by atoms with Crippen LogP contribution in [0.25, 0.3) is 44.7 Å². The molecule has 18 nitrogen and oxygen atoms in total. The van der Waals surface area contributed by atoms with Crippen LogP contribution < -0.4 is 15.4 Å². The second-order valence-corrected chi connectivity index (χ2v) is 22.9. The zero-order valence-electron chi connectivity index (χ0n) is 42.3. The first-order chi connectivity index (χ1) is 35.7. The van der Waals surface area contributed by atoms with E-state index in [0.29, 0.717) is 84.2 Å². The first-order valence-electron chi connectivity index (χ1n) is 25.8. The Kier molecular flexibility index (Phi) is 12.1. The monoisotopic (exact) mass is 1030 g/mol. The fraction of sp³-hybridized carbons (Fsp3) is 0.500. The van der Waals surface area contributed by atoms with Crippen LogP contribution in [-0.2, 0) is 23.8 Å². The SMILES string of the molecule is COC(=O)N[C@H](C(=O)N1CCC[C@H]1c1ncc(-c2cc(F)c3c(c2)OC(c2cnc(C4CC4)s2)n2c-3cc3cc(-c4cnc([C@@H]5C[C@H]6C[C@H]6N5C(=O)[C@@H](NC(=O)OC)C5CCOC(C)(C)C5)[nH]4)ccc32)[nH]1)C(C)C. The van der Waals surface area contributed by atoms with Crippen LogP contribution in [0.1, 0.15) is 125 Å². The number of nitrogens with one attached hydrogen (secondary N) is 4. The summed E-state index contributed by atoms with van der Waals surface area (Å²) in [4.78, 5) is 79.3. The molecule has 74 heavy (non-hydrogen) atoms. The number of hydrogen-bond donors (Lipinski definition) is 4. The number of amides is 4. The van der Waals surface area contributed by atoms with Crippen molar-refractivity contribution in [2.45, 2.75) is 127 Å². The van der Waals surface area contributed by atoms with Gasteiger partial charge in [-0.3, -0.25) is 14.2 Å². The number of hydrogen-bond acceptors (Lipinski definition) is 12. The van der Waals surface area contributed by atoms with Gasteiger partial charge in [0, 0.05) is 47.8 Å². The number of methoxy groups -OCH3 is 2. The highest BCUT2D eigenvalue weighted by atomic mass is 32.1. The lowest BCUT2D eigenvalue weighted by Gasteiger charge is -2.40. The third-order valence-electron chi connectivity index (χ3n) is 16.0. The third kappa shape index (κ3) is 8.66. The van der Waals surface area contributed by atoms with E-state index in [0.717, 1.165) is 64.1 Å². The number of aromatic amines is 2. The molecule has 0 bridgehead atoms. The summed E-state index contributed by atoms with van der Waals surface area (Å²) in [6, 6.07) is 9.34. The standard InChI is InChI=1S/C54H61FN10O8S/c1-26(2)44(61-52(68)70-5)49(66)63-14-7-8-37(63)46-56-24-35(60-46)30-17-33(55)43-39-19-31-16-28(11-12-36(31)65(39)51(73-41(43)21-30)42-25-58-48(74-42)27-9-10-27)34-23-57-47(59-34)40-20-32-18-38(32)64(40)50(67)45(62-53(69)71-6)29-13-15-72-54(3,4)22-29/h11-12,16-17,19,21,23-27,29,32,37-38,40,44-45,51H,7-10,13-15,18,20,22H2,1-6H3,(H,56,60)(H,57,59)(H,61,68)(H,62,69)/t29?,32-,37+,38-,40+,44+,45+,51?/m1/s1. The van der Waals surface area contributed by atoms with Gasteiger partial charge in [-0.05, 0) is 113 Å². The van der Waals surface area contributed by atoms with E-state index in [-0.39, 0.29) is 41.8 Å². The first kappa shape index (κ1) is 48.2. The van der Waals surface area contributed by atoms with E-state index >= 15 is 4.39 Å².